The van der Waals surface area contributed by atoms with Crippen LogP contribution in [0.1, 0.15) is 24.8 Å². The van der Waals surface area contributed by atoms with E-state index in [-0.39, 0.29) is 24.3 Å². The number of anilines is 1. The van der Waals surface area contributed by atoms with Gasteiger partial charge in [0.15, 0.2) is 0 Å². The van der Waals surface area contributed by atoms with Gasteiger partial charge in [0.2, 0.25) is 5.91 Å². The molecule has 7 heteroatoms. The zero-order chi connectivity index (χ0) is 15.9. The van der Waals surface area contributed by atoms with Crippen molar-refractivity contribution in [3.8, 4) is 0 Å². The quantitative estimate of drug-likeness (QED) is 0.767. The molecule has 1 aliphatic heterocycles. The monoisotopic (exact) mass is 340 g/mol. The predicted molar refractivity (Wildman–Crippen MR) is 93.9 cm³/mol. The average molecular weight is 341 g/mol. The fourth-order valence-corrected chi connectivity index (χ4v) is 2.42. The summed E-state index contributed by atoms with van der Waals surface area (Å²) in [6.45, 7) is 1.47. The van der Waals surface area contributed by atoms with Crippen molar-refractivity contribution in [1.82, 2.24) is 15.5 Å². The first kappa shape index (κ1) is 19.3. The summed E-state index contributed by atoms with van der Waals surface area (Å²) < 4.78 is 0. The topological polar surface area (TPSA) is 73.5 Å². The first-order valence-electron chi connectivity index (χ1n) is 7.62. The van der Waals surface area contributed by atoms with E-state index >= 15 is 0 Å². The Kier molecular flexibility index (Phi) is 7.85. The van der Waals surface area contributed by atoms with E-state index in [1.807, 2.05) is 24.3 Å². The van der Waals surface area contributed by atoms with E-state index in [0.29, 0.717) is 19.0 Å². The zero-order valence-corrected chi connectivity index (χ0v) is 14.4. The normalized spacial score (nSPS) is 16.3. The van der Waals surface area contributed by atoms with Gasteiger partial charge in [-0.05, 0) is 37.1 Å². The number of hydrogen-bond donors (Lipinski definition) is 3. The minimum Gasteiger partial charge on any atom is -0.352 e. The first-order valence-corrected chi connectivity index (χ1v) is 7.62. The van der Waals surface area contributed by atoms with Crippen LogP contribution in [0, 0.1) is 0 Å². The van der Waals surface area contributed by atoms with Gasteiger partial charge in [0, 0.05) is 38.8 Å². The number of rotatable bonds is 5. The van der Waals surface area contributed by atoms with Crippen LogP contribution in [0.4, 0.5) is 10.5 Å². The van der Waals surface area contributed by atoms with Crippen molar-refractivity contribution in [1.29, 1.82) is 0 Å². The summed E-state index contributed by atoms with van der Waals surface area (Å²) in [7, 11) is 3.38. The van der Waals surface area contributed by atoms with Gasteiger partial charge in [0.05, 0.1) is 0 Å². The second kappa shape index (κ2) is 9.37. The summed E-state index contributed by atoms with van der Waals surface area (Å²) in [4.78, 5) is 25.0. The van der Waals surface area contributed by atoms with Crippen molar-refractivity contribution in [2.75, 3.05) is 26.0 Å². The van der Waals surface area contributed by atoms with E-state index in [2.05, 4.69) is 16.0 Å². The van der Waals surface area contributed by atoms with Gasteiger partial charge in [0.1, 0.15) is 0 Å². The van der Waals surface area contributed by atoms with Gasteiger partial charge in [0.25, 0.3) is 0 Å². The Morgan fingerprint density at radius 2 is 2.13 bits per heavy atom. The molecule has 1 heterocycles. The fourth-order valence-electron chi connectivity index (χ4n) is 2.42. The van der Waals surface area contributed by atoms with Gasteiger partial charge in [-0.2, -0.15) is 0 Å². The average Bonchev–Trinajstić information content (AvgIpc) is 2.98. The second-order valence-electron chi connectivity index (χ2n) is 5.80. The molecule has 0 radical (unpaired) electrons. The molecular formula is C16H25ClN4O2. The van der Waals surface area contributed by atoms with Crippen LogP contribution in [0.5, 0.6) is 0 Å². The molecule has 1 aromatic carbocycles. The third-order valence-corrected chi connectivity index (χ3v) is 3.67. The molecule has 23 heavy (non-hydrogen) atoms. The van der Waals surface area contributed by atoms with E-state index in [1.54, 1.807) is 14.1 Å². The Labute approximate surface area is 143 Å². The molecule has 0 spiro atoms. The molecule has 1 unspecified atom stereocenters. The number of halogens is 1. The fraction of sp³-hybridized carbons (Fsp3) is 0.500. The minimum absolute atomic E-state index is 0. The molecule has 3 N–H and O–H groups in total. The summed E-state index contributed by atoms with van der Waals surface area (Å²) in [5.74, 6) is 0.0575. The largest absolute Gasteiger partial charge is 0.352 e. The van der Waals surface area contributed by atoms with Crippen molar-refractivity contribution < 1.29 is 9.59 Å². The summed E-state index contributed by atoms with van der Waals surface area (Å²) >= 11 is 0. The number of benzene rings is 1. The van der Waals surface area contributed by atoms with Crippen molar-refractivity contribution in [2.45, 2.75) is 31.8 Å². The Hall–Kier alpha value is -1.79. The number of carbonyl (C=O) groups excluding carboxylic acids is 2. The lowest BCUT2D eigenvalue weighted by molar-refractivity contribution is -0.121. The van der Waals surface area contributed by atoms with Crippen LogP contribution in [0.15, 0.2) is 24.3 Å². The molecule has 1 aliphatic rings. The Balaban J connectivity index is 0.00000264. The number of nitrogens with one attached hydrogen (secondary N) is 3. The maximum absolute atomic E-state index is 11.9. The number of hydrogen-bond acceptors (Lipinski definition) is 3. The van der Waals surface area contributed by atoms with E-state index in [4.69, 9.17) is 0 Å². The molecule has 0 aliphatic carbocycles. The van der Waals surface area contributed by atoms with Crippen molar-refractivity contribution in [3.05, 3.63) is 29.8 Å². The third kappa shape index (κ3) is 6.46. The van der Waals surface area contributed by atoms with Crippen molar-refractivity contribution >= 4 is 30.0 Å². The minimum atomic E-state index is -0.173. The van der Waals surface area contributed by atoms with E-state index in [0.717, 1.165) is 30.6 Å². The molecule has 0 bridgehead atoms. The maximum atomic E-state index is 11.9. The number of nitrogens with zero attached hydrogens (tertiary/aromatic N) is 1. The standard InChI is InChI=1S/C16H24N4O2.ClH/c1-20(2)16(22)19-14-6-3-5-12(9-14)11-18-15(21)10-13-7-4-8-17-13;/h3,5-6,9,13,17H,4,7-8,10-11H2,1-2H3,(H,18,21)(H,19,22);1H. The lowest BCUT2D eigenvalue weighted by Crippen LogP contribution is -2.31. The smallest absolute Gasteiger partial charge is 0.321 e. The van der Waals surface area contributed by atoms with Crippen LogP contribution >= 0.6 is 12.4 Å². The van der Waals surface area contributed by atoms with Crippen LogP contribution in [0.3, 0.4) is 0 Å². The Morgan fingerprint density at radius 1 is 1.35 bits per heavy atom. The predicted octanol–water partition coefficient (Wildman–Crippen LogP) is 1.96. The highest BCUT2D eigenvalue weighted by atomic mass is 35.5. The van der Waals surface area contributed by atoms with Crippen LogP contribution in [0.25, 0.3) is 0 Å². The number of amides is 3. The maximum Gasteiger partial charge on any atom is 0.321 e. The molecule has 0 saturated carbocycles. The summed E-state index contributed by atoms with van der Waals surface area (Å²) in [5, 5.41) is 9.03. The molecule has 1 fully saturated rings. The molecule has 1 saturated heterocycles. The van der Waals surface area contributed by atoms with E-state index < -0.39 is 0 Å². The number of carbonyl (C=O) groups is 2. The molecule has 3 amide bonds. The van der Waals surface area contributed by atoms with E-state index in [1.165, 1.54) is 4.90 Å². The van der Waals surface area contributed by atoms with Gasteiger partial charge in [-0.3, -0.25) is 4.79 Å². The van der Waals surface area contributed by atoms with Gasteiger partial charge < -0.3 is 20.9 Å². The van der Waals surface area contributed by atoms with E-state index in [9.17, 15) is 9.59 Å². The molecule has 2 rings (SSSR count). The summed E-state index contributed by atoms with van der Waals surface area (Å²) in [6, 6.07) is 7.63. The molecule has 1 atom stereocenters. The van der Waals surface area contributed by atoms with Gasteiger partial charge in [-0.1, -0.05) is 12.1 Å². The zero-order valence-electron chi connectivity index (χ0n) is 13.6. The van der Waals surface area contributed by atoms with Crippen molar-refractivity contribution in [3.63, 3.8) is 0 Å². The summed E-state index contributed by atoms with van der Waals surface area (Å²) in [6.07, 6.45) is 2.74. The summed E-state index contributed by atoms with van der Waals surface area (Å²) in [5.41, 5.74) is 1.69. The SMILES string of the molecule is CN(C)C(=O)Nc1cccc(CNC(=O)CC2CCCN2)c1.Cl. The number of urea groups is 1. The van der Waals surface area contributed by atoms with Crippen LogP contribution in [-0.2, 0) is 11.3 Å². The van der Waals surface area contributed by atoms with Crippen LogP contribution in [0.2, 0.25) is 0 Å². The lowest BCUT2D eigenvalue weighted by Gasteiger charge is -2.13. The first-order chi connectivity index (χ1) is 10.5. The molecule has 128 valence electrons. The molecule has 1 aromatic rings. The van der Waals surface area contributed by atoms with Crippen LogP contribution < -0.4 is 16.0 Å². The van der Waals surface area contributed by atoms with Crippen LogP contribution in [-0.4, -0.2) is 43.5 Å². The highest BCUT2D eigenvalue weighted by Gasteiger charge is 2.17. The highest BCUT2D eigenvalue weighted by Crippen LogP contribution is 2.12. The van der Waals surface area contributed by atoms with Gasteiger partial charge >= 0.3 is 6.03 Å². The molecular weight excluding hydrogens is 316 g/mol. The Bertz CT molecular complexity index is 531. The molecule has 6 nitrogen and oxygen atoms in total. The third-order valence-electron chi connectivity index (χ3n) is 3.67. The second-order valence-corrected chi connectivity index (χ2v) is 5.80. The molecule has 0 aromatic heterocycles. The van der Waals surface area contributed by atoms with Gasteiger partial charge in [-0.25, -0.2) is 4.79 Å². The Morgan fingerprint density at radius 3 is 2.78 bits per heavy atom. The highest BCUT2D eigenvalue weighted by molar-refractivity contribution is 5.89. The van der Waals surface area contributed by atoms with Crippen molar-refractivity contribution in [2.24, 2.45) is 0 Å². The van der Waals surface area contributed by atoms with Gasteiger partial charge in [-0.15, -0.1) is 12.4 Å². The lowest BCUT2D eigenvalue weighted by atomic mass is 10.1.